The van der Waals surface area contributed by atoms with Gasteiger partial charge in [-0.1, -0.05) is 6.42 Å². The van der Waals surface area contributed by atoms with Crippen LogP contribution in [0.2, 0.25) is 12.6 Å². The molecule has 112 valence electrons. The Morgan fingerprint density at radius 3 is 2.74 bits per heavy atom. The Balaban J connectivity index is 1.88. The molecule has 5 heteroatoms. The van der Waals surface area contributed by atoms with Gasteiger partial charge in [0.15, 0.2) is 0 Å². The molecule has 0 aromatic rings. The third-order valence-electron chi connectivity index (χ3n) is 4.00. The fourth-order valence-corrected chi connectivity index (χ4v) is 5.66. The van der Waals surface area contributed by atoms with Crippen LogP contribution in [0.25, 0.3) is 0 Å². The molecule has 0 N–H and O–H groups in total. The number of ether oxygens (including phenoxy) is 1. The largest absolute Gasteiger partial charge is 0.395 e. The molecule has 19 heavy (non-hydrogen) atoms. The fraction of sp³-hybridized carbons (Fsp3) is 1.00. The van der Waals surface area contributed by atoms with Crippen LogP contribution in [-0.2, 0) is 13.6 Å². The van der Waals surface area contributed by atoms with Crippen molar-refractivity contribution in [3.05, 3.63) is 0 Å². The van der Waals surface area contributed by atoms with Gasteiger partial charge in [-0.3, -0.25) is 0 Å². The summed E-state index contributed by atoms with van der Waals surface area (Å²) in [6.07, 6.45) is 5.30. The molecule has 0 aliphatic carbocycles. The quantitative estimate of drug-likeness (QED) is 0.743. The first-order chi connectivity index (χ1) is 9.22. The van der Waals surface area contributed by atoms with E-state index in [0.717, 1.165) is 38.8 Å². The first kappa shape index (κ1) is 15.4. The number of piperidine rings is 1. The van der Waals surface area contributed by atoms with E-state index in [2.05, 4.69) is 18.4 Å². The molecule has 2 unspecified atom stereocenters. The van der Waals surface area contributed by atoms with Crippen molar-refractivity contribution in [1.82, 2.24) is 4.90 Å². The lowest BCUT2D eigenvalue weighted by atomic mass is 10.1. The number of hydrogen-bond donors (Lipinski definition) is 0. The van der Waals surface area contributed by atoms with Gasteiger partial charge in [-0.05, 0) is 51.9 Å². The lowest BCUT2D eigenvalue weighted by molar-refractivity contribution is -0.00430. The Morgan fingerprint density at radius 2 is 2.00 bits per heavy atom. The summed E-state index contributed by atoms with van der Waals surface area (Å²) < 4.78 is 18.1. The van der Waals surface area contributed by atoms with E-state index in [1.54, 1.807) is 0 Å². The summed E-state index contributed by atoms with van der Waals surface area (Å²) >= 11 is 0. The van der Waals surface area contributed by atoms with E-state index in [9.17, 15) is 0 Å². The second-order valence-corrected chi connectivity index (χ2v) is 9.14. The zero-order chi connectivity index (χ0) is 13.6. The highest BCUT2D eigenvalue weighted by Crippen LogP contribution is 2.22. The van der Waals surface area contributed by atoms with Gasteiger partial charge in [0.1, 0.15) is 0 Å². The molecule has 2 atom stereocenters. The predicted molar refractivity (Wildman–Crippen MR) is 78.7 cm³/mol. The summed E-state index contributed by atoms with van der Waals surface area (Å²) in [5.74, 6) is 0. The first-order valence-electron chi connectivity index (χ1n) is 7.84. The van der Waals surface area contributed by atoms with Crippen LogP contribution >= 0.6 is 0 Å². The van der Waals surface area contributed by atoms with Crippen molar-refractivity contribution in [3.8, 4) is 0 Å². The van der Waals surface area contributed by atoms with Gasteiger partial charge < -0.3 is 18.5 Å². The minimum atomic E-state index is -1.97. The van der Waals surface area contributed by atoms with Crippen molar-refractivity contribution in [3.63, 3.8) is 0 Å². The highest BCUT2D eigenvalue weighted by Gasteiger charge is 2.35. The summed E-state index contributed by atoms with van der Waals surface area (Å²) in [6.45, 7) is 10.1. The molecule has 0 aromatic heterocycles. The lowest BCUT2D eigenvalue weighted by Gasteiger charge is -2.36. The summed E-state index contributed by atoms with van der Waals surface area (Å²) in [7, 11) is -1.97. The Morgan fingerprint density at radius 1 is 1.21 bits per heavy atom. The van der Waals surface area contributed by atoms with Crippen LogP contribution in [0.3, 0.4) is 0 Å². The molecule has 0 aromatic carbocycles. The SMILES string of the molecule is CCO[Si]1(C)CCCOCC(CN2CCCCC2)O1. The second kappa shape index (κ2) is 7.74. The van der Waals surface area contributed by atoms with E-state index in [4.69, 9.17) is 13.6 Å². The Hall–Kier alpha value is 0.0569. The van der Waals surface area contributed by atoms with Gasteiger partial charge in [-0.15, -0.1) is 0 Å². The number of nitrogens with zero attached hydrogens (tertiary/aromatic N) is 1. The van der Waals surface area contributed by atoms with Crippen LogP contribution in [0.1, 0.15) is 32.6 Å². The zero-order valence-corrected chi connectivity index (χ0v) is 13.5. The molecule has 2 heterocycles. The fourth-order valence-electron chi connectivity index (χ4n) is 3.09. The minimum Gasteiger partial charge on any atom is -0.395 e. The third kappa shape index (κ3) is 5.15. The van der Waals surface area contributed by atoms with Crippen molar-refractivity contribution in [2.75, 3.05) is 39.5 Å². The standard InChI is InChI=1S/C14H29NO3Si/c1-3-17-19(2)11-7-10-16-13-14(18-19)12-15-8-5-4-6-9-15/h14H,3-13H2,1-2H3. The van der Waals surface area contributed by atoms with E-state index < -0.39 is 8.56 Å². The molecular weight excluding hydrogens is 258 g/mol. The Labute approximate surface area is 118 Å². The molecule has 4 nitrogen and oxygen atoms in total. The summed E-state index contributed by atoms with van der Waals surface area (Å²) in [6, 6.07) is 1.05. The predicted octanol–water partition coefficient (Wildman–Crippen LogP) is 2.39. The smallest absolute Gasteiger partial charge is 0.335 e. The molecule has 2 rings (SSSR count). The summed E-state index contributed by atoms with van der Waals surface area (Å²) in [5, 5.41) is 0. The zero-order valence-electron chi connectivity index (χ0n) is 12.5. The van der Waals surface area contributed by atoms with Crippen molar-refractivity contribution >= 4 is 8.56 Å². The molecule has 0 radical (unpaired) electrons. The van der Waals surface area contributed by atoms with Gasteiger partial charge in [-0.2, -0.15) is 0 Å². The van der Waals surface area contributed by atoms with Crippen LogP contribution in [0.15, 0.2) is 0 Å². The molecular formula is C14H29NO3Si. The van der Waals surface area contributed by atoms with Gasteiger partial charge in [0.2, 0.25) is 0 Å². The van der Waals surface area contributed by atoms with Crippen molar-refractivity contribution < 1.29 is 13.6 Å². The number of hydrogen-bond acceptors (Lipinski definition) is 4. The normalized spacial score (nSPS) is 34.7. The molecule has 2 aliphatic rings. The van der Waals surface area contributed by atoms with Gasteiger partial charge in [0.25, 0.3) is 0 Å². The van der Waals surface area contributed by atoms with Crippen molar-refractivity contribution in [2.24, 2.45) is 0 Å². The van der Waals surface area contributed by atoms with Crippen LogP contribution < -0.4 is 0 Å². The molecule has 0 spiro atoms. The van der Waals surface area contributed by atoms with E-state index in [1.165, 1.54) is 32.4 Å². The third-order valence-corrected chi connectivity index (χ3v) is 6.99. The average molecular weight is 287 g/mol. The molecule has 2 saturated heterocycles. The van der Waals surface area contributed by atoms with E-state index >= 15 is 0 Å². The summed E-state index contributed by atoms with van der Waals surface area (Å²) in [5.41, 5.74) is 0. The highest BCUT2D eigenvalue weighted by atomic mass is 28.4. The average Bonchev–Trinajstić information content (AvgIpc) is 2.37. The number of likely N-dealkylation sites (tertiary alicyclic amines) is 1. The molecule has 2 aliphatic heterocycles. The Kier molecular flexibility index (Phi) is 6.29. The summed E-state index contributed by atoms with van der Waals surface area (Å²) in [4.78, 5) is 2.53. The van der Waals surface area contributed by atoms with E-state index in [1.807, 2.05) is 0 Å². The van der Waals surface area contributed by atoms with Crippen molar-refractivity contribution in [2.45, 2.75) is 51.3 Å². The van der Waals surface area contributed by atoms with E-state index in [-0.39, 0.29) is 6.10 Å². The van der Waals surface area contributed by atoms with Gasteiger partial charge in [-0.25, -0.2) is 0 Å². The first-order valence-corrected chi connectivity index (χ1v) is 10.4. The van der Waals surface area contributed by atoms with E-state index in [0.29, 0.717) is 0 Å². The number of rotatable bonds is 4. The molecule has 0 bridgehead atoms. The molecule has 0 saturated carbocycles. The maximum absolute atomic E-state index is 6.37. The monoisotopic (exact) mass is 287 g/mol. The second-order valence-electron chi connectivity index (χ2n) is 5.85. The van der Waals surface area contributed by atoms with Crippen molar-refractivity contribution in [1.29, 1.82) is 0 Å². The van der Waals surface area contributed by atoms with Gasteiger partial charge in [0, 0.05) is 19.8 Å². The van der Waals surface area contributed by atoms with Crippen LogP contribution in [0, 0.1) is 0 Å². The molecule has 0 amide bonds. The van der Waals surface area contributed by atoms with Gasteiger partial charge in [0.05, 0.1) is 12.7 Å². The van der Waals surface area contributed by atoms with Gasteiger partial charge >= 0.3 is 8.56 Å². The van der Waals surface area contributed by atoms with Crippen LogP contribution in [-0.4, -0.2) is 59.0 Å². The lowest BCUT2D eigenvalue weighted by Crippen LogP contribution is -2.49. The molecule has 2 fully saturated rings. The topological polar surface area (TPSA) is 30.9 Å². The maximum atomic E-state index is 6.37. The minimum absolute atomic E-state index is 0.196. The Bertz CT molecular complexity index is 261. The maximum Gasteiger partial charge on any atom is 0.335 e. The van der Waals surface area contributed by atoms with Crippen LogP contribution in [0.5, 0.6) is 0 Å². The van der Waals surface area contributed by atoms with Crippen LogP contribution in [0.4, 0.5) is 0 Å². The highest BCUT2D eigenvalue weighted by molar-refractivity contribution is 6.66.